The molecule has 8 aromatic carbocycles. The molecule has 0 bridgehead atoms. The Labute approximate surface area is 327 Å². The van der Waals surface area contributed by atoms with Crippen LogP contribution in [0, 0.1) is 0 Å². The molecule has 0 saturated carbocycles. The summed E-state index contributed by atoms with van der Waals surface area (Å²) in [5, 5.41) is 4.81. The van der Waals surface area contributed by atoms with Crippen LogP contribution in [0.1, 0.15) is 0 Å². The van der Waals surface area contributed by atoms with Gasteiger partial charge in [-0.3, -0.25) is 0 Å². The highest BCUT2D eigenvalue weighted by Crippen LogP contribution is 2.41. The van der Waals surface area contributed by atoms with Crippen LogP contribution >= 0.6 is 11.3 Å². The molecule has 0 fully saturated rings. The van der Waals surface area contributed by atoms with E-state index in [-0.39, 0.29) is 0 Å². The second-order valence-electron chi connectivity index (χ2n) is 14.2. The van der Waals surface area contributed by atoms with Crippen LogP contribution in [0.5, 0.6) is 0 Å². The summed E-state index contributed by atoms with van der Waals surface area (Å²) in [6.45, 7) is 0. The summed E-state index contributed by atoms with van der Waals surface area (Å²) >= 11 is 1.85. The Balaban J connectivity index is 1.09. The van der Waals surface area contributed by atoms with Crippen molar-refractivity contribution in [2.24, 2.45) is 0 Å². The van der Waals surface area contributed by atoms with E-state index in [1.54, 1.807) is 0 Å². The molecule has 0 saturated heterocycles. The normalized spacial score (nSPS) is 11.6. The second kappa shape index (κ2) is 13.3. The van der Waals surface area contributed by atoms with Crippen LogP contribution in [0.3, 0.4) is 0 Å². The number of furan rings is 1. The Morgan fingerprint density at radius 2 is 0.929 bits per heavy atom. The molecule has 0 aliphatic rings. The molecule has 56 heavy (non-hydrogen) atoms. The van der Waals surface area contributed by atoms with Gasteiger partial charge in [0.15, 0.2) is 5.82 Å². The largest absolute Gasteiger partial charge is 0.456 e. The first kappa shape index (κ1) is 32.3. The second-order valence-corrected chi connectivity index (χ2v) is 15.2. The zero-order valence-electron chi connectivity index (χ0n) is 30.2. The van der Waals surface area contributed by atoms with E-state index in [4.69, 9.17) is 14.4 Å². The first-order valence-electron chi connectivity index (χ1n) is 18.8. The fourth-order valence-electron chi connectivity index (χ4n) is 7.92. The first-order valence-corrected chi connectivity index (χ1v) is 19.6. The average molecular weight is 733 g/mol. The third-order valence-electron chi connectivity index (χ3n) is 10.7. The van der Waals surface area contributed by atoms with E-state index in [1.807, 2.05) is 41.7 Å². The minimum Gasteiger partial charge on any atom is -0.456 e. The monoisotopic (exact) mass is 732 g/mol. The number of nitrogens with zero attached hydrogens (tertiary/aromatic N) is 2. The van der Waals surface area contributed by atoms with Crippen molar-refractivity contribution in [3.8, 4) is 67.3 Å². The van der Waals surface area contributed by atoms with Gasteiger partial charge in [-0.1, -0.05) is 140 Å². The topological polar surface area (TPSA) is 38.9 Å². The number of fused-ring (bicyclic) bond motifs is 6. The zero-order valence-corrected chi connectivity index (χ0v) is 31.0. The van der Waals surface area contributed by atoms with Crippen LogP contribution in [0.25, 0.3) is 109 Å². The standard InChI is InChI=1S/C52H32N2OS/c1-3-13-33(14-4-1)38-28-39(35-25-26-49-45(31-35)42-19-7-9-23-48(42)55-49)30-40(29-38)47-32-46(53-52(54-47)34-15-5-2-6-16-34)37-18-11-17-36(27-37)41-21-12-22-44-43-20-8-10-24-50(43)56-51(41)44/h1-32H. The molecule has 11 aromatic rings. The maximum absolute atomic E-state index is 6.19. The van der Waals surface area contributed by atoms with Gasteiger partial charge in [0, 0.05) is 47.6 Å². The number of hydrogen-bond donors (Lipinski definition) is 0. The van der Waals surface area contributed by atoms with Gasteiger partial charge < -0.3 is 4.42 Å². The number of aromatic nitrogens is 2. The van der Waals surface area contributed by atoms with Crippen molar-refractivity contribution in [3.63, 3.8) is 0 Å². The van der Waals surface area contributed by atoms with Crippen molar-refractivity contribution >= 4 is 53.4 Å². The lowest BCUT2D eigenvalue weighted by Crippen LogP contribution is -1.97. The summed E-state index contributed by atoms with van der Waals surface area (Å²) in [5.74, 6) is 0.688. The molecular formula is C52H32N2OS. The molecule has 11 rings (SSSR count). The van der Waals surface area contributed by atoms with Crippen molar-refractivity contribution in [1.29, 1.82) is 0 Å². The highest BCUT2D eigenvalue weighted by Gasteiger charge is 2.16. The van der Waals surface area contributed by atoms with Crippen molar-refractivity contribution in [3.05, 3.63) is 194 Å². The predicted octanol–water partition coefficient (Wildman–Crippen LogP) is 14.7. The molecule has 0 N–H and O–H groups in total. The maximum atomic E-state index is 6.19. The minimum absolute atomic E-state index is 0.688. The SMILES string of the molecule is c1ccc(-c2cc(-c3ccc4oc5ccccc5c4c3)cc(-c3cc(-c4cccc(-c5cccc6c5sc5ccccc56)c4)nc(-c4ccccc4)n3)c2)cc1. The molecule has 0 spiro atoms. The number of thiophene rings is 1. The zero-order chi connectivity index (χ0) is 37.0. The molecule has 3 aromatic heterocycles. The van der Waals surface area contributed by atoms with Gasteiger partial charge in [-0.15, -0.1) is 11.3 Å². The van der Waals surface area contributed by atoms with Crippen molar-refractivity contribution in [2.75, 3.05) is 0 Å². The summed E-state index contributed by atoms with van der Waals surface area (Å²) in [7, 11) is 0. The van der Waals surface area contributed by atoms with Gasteiger partial charge in [0.25, 0.3) is 0 Å². The number of para-hydroxylation sites is 1. The van der Waals surface area contributed by atoms with Crippen molar-refractivity contribution in [1.82, 2.24) is 9.97 Å². The Morgan fingerprint density at radius 3 is 1.77 bits per heavy atom. The Hall–Kier alpha value is -7.14. The van der Waals surface area contributed by atoms with Crippen LogP contribution in [-0.2, 0) is 0 Å². The predicted molar refractivity (Wildman–Crippen MR) is 235 cm³/mol. The Morgan fingerprint density at radius 1 is 0.339 bits per heavy atom. The summed E-state index contributed by atoms with van der Waals surface area (Å²) in [6.07, 6.45) is 0. The molecule has 0 aliphatic heterocycles. The van der Waals surface area contributed by atoms with Gasteiger partial charge >= 0.3 is 0 Å². The summed E-state index contributed by atoms with van der Waals surface area (Å²) in [6, 6.07) is 68.6. The smallest absolute Gasteiger partial charge is 0.160 e. The molecule has 0 atom stereocenters. The van der Waals surface area contributed by atoms with Crippen LogP contribution in [0.2, 0.25) is 0 Å². The molecule has 0 radical (unpaired) electrons. The van der Waals surface area contributed by atoms with Gasteiger partial charge in [0.2, 0.25) is 0 Å². The van der Waals surface area contributed by atoms with Gasteiger partial charge in [-0.2, -0.15) is 0 Å². The lowest BCUT2D eigenvalue weighted by Gasteiger charge is -2.14. The van der Waals surface area contributed by atoms with Crippen LogP contribution < -0.4 is 0 Å². The third-order valence-corrected chi connectivity index (χ3v) is 11.9. The quantitative estimate of drug-likeness (QED) is 0.171. The molecule has 3 heterocycles. The Kier molecular flexibility index (Phi) is 7.68. The Bertz CT molecular complexity index is 3250. The summed E-state index contributed by atoms with van der Waals surface area (Å²) in [5.41, 5.74) is 13.4. The summed E-state index contributed by atoms with van der Waals surface area (Å²) < 4.78 is 8.79. The van der Waals surface area contributed by atoms with E-state index in [0.29, 0.717) is 5.82 Å². The van der Waals surface area contributed by atoms with E-state index in [2.05, 4.69) is 164 Å². The fourth-order valence-corrected chi connectivity index (χ4v) is 9.16. The molecule has 3 nitrogen and oxygen atoms in total. The number of rotatable bonds is 6. The van der Waals surface area contributed by atoms with Crippen LogP contribution in [-0.4, -0.2) is 9.97 Å². The fraction of sp³-hybridized carbons (Fsp3) is 0. The molecule has 0 amide bonds. The molecule has 0 aliphatic carbocycles. The highest BCUT2D eigenvalue weighted by atomic mass is 32.1. The summed E-state index contributed by atoms with van der Waals surface area (Å²) in [4.78, 5) is 10.5. The van der Waals surface area contributed by atoms with Crippen molar-refractivity contribution < 1.29 is 4.42 Å². The van der Waals surface area contributed by atoms with E-state index in [1.165, 1.54) is 25.7 Å². The molecular weight excluding hydrogens is 701 g/mol. The lowest BCUT2D eigenvalue weighted by molar-refractivity contribution is 0.669. The highest BCUT2D eigenvalue weighted by molar-refractivity contribution is 7.26. The van der Waals surface area contributed by atoms with Gasteiger partial charge in [0.05, 0.1) is 11.4 Å². The van der Waals surface area contributed by atoms with E-state index < -0.39 is 0 Å². The van der Waals surface area contributed by atoms with Gasteiger partial charge in [0.1, 0.15) is 11.2 Å². The first-order chi connectivity index (χ1) is 27.7. The molecule has 4 heteroatoms. The minimum atomic E-state index is 0.688. The number of hydrogen-bond acceptors (Lipinski definition) is 4. The van der Waals surface area contributed by atoms with Gasteiger partial charge in [-0.25, -0.2) is 9.97 Å². The van der Waals surface area contributed by atoms with Crippen LogP contribution in [0.15, 0.2) is 199 Å². The van der Waals surface area contributed by atoms with E-state index >= 15 is 0 Å². The molecule has 0 unspecified atom stereocenters. The third kappa shape index (κ3) is 5.67. The van der Waals surface area contributed by atoms with E-state index in [9.17, 15) is 0 Å². The average Bonchev–Trinajstić information content (AvgIpc) is 3.85. The number of benzene rings is 8. The van der Waals surface area contributed by atoms with E-state index in [0.717, 1.165) is 77.8 Å². The maximum Gasteiger partial charge on any atom is 0.160 e. The van der Waals surface area contributed by atoms with Crippen molar-refractivity contribution in [2.45, 2.75) is 0 Å². The van der Waals surface area contributed by atoms with Crippen LogP contribution in [0.4, 0.5) is 0 Å². The van der Waals surface area contributed by atoms with Gasteiger partial charge in [-0.05, 0) is 88.0 Å². The lowest BCUT2D eigenvalue weighted by atomic mass is 9.93. The molecule has 262 valence electrons.